The zero-order chi connectivity index (χ0) is 14.8. The summed E-state index contributed by atoms with van der Waals surface area (Å²) in [5.41, 5.74) is 2.86. The summed E-state index contributed by atoms with van der Waals surface area (Å²) in [7, 11) is 0. The quantitative estimate of drug-likeness (QED) is 0.558. The standard InChI is InChI=1S/C13H16ClN7/c1-8-6-9(2)21(20-8)5-3-4-15-11-10-7-16-19-12(10)18-13(14)17-11/h6-7H,3-5H2,1-2H3,(H2,15,16,17,18,19). The normalized spacial score (nSPS) is 11.2. The van der Waals surface area contributed by atoms with E-state index in [4.69, 9.17) is 11.6 Å². The highest BCUT2D eigenvalue weighted by Crippen LogP contribution is 2.19. The Morgan fingerprint density at radius 2 is 2.19 bits per heavy atom. The van der Waals surface area contributed by atoms with Crippen LogP contribution in [0.5, 0.6) is 0 Å². The lowest BCUT2D eigenvalue weighted by molar-refractivity contribution is 0.573. The van der Waals surface area contributed by atoms with Gasteiger partial charge in [-0.25, -0.2) is 0 Å². The summed E-state index contributed by atoms with van der Waals surface area (Å²) in [6.07, 6.45) is 2.62. The van der Waals surface area contributed by atoms with Gasteiger partial charge in [0.05, 0.1) is 17.3 Å². The second-order valence-electron chi connectivity index (χ2n) is 4.90. The number of aromatic nitrogens is 6. The molecule has 7 nitrogen and oxygen atoms in total. The number of hydrogen-bond donors (Lipinski definition) is 2. The molecular formula is C13H16ClN7. The van der Waals surface area contributed by atoms with Crippen molar-refractivity contribution < 1.29 is 0 Å². The molecule has 0 atom stereocenters. The monoisotopic (exact) mass is 305 g/mol. The average molecular weight is 306 g/mol. The van der Waals surface area contributed by atoms with Crippen molar-refractivity contribution in [3.63, 3.8) is 0 Å². The molecule has 0 saturated carbocycles. The Morgan fingerprint density at radius 1 is 1.33 bits per heavy atom. The number of hydrogen-bond acceptors (Lipinski definition) is 5. The Hall–Kier alpha value is -2.15. The van der Waals surface area contributed by atoms with E-state index in [9.17, 15) is 0 Å². The summed E-state index contributed by atoms with van der Waals surface area (Å²) in [5.74, 6) is 0.701. The van der Waals surface area contributed by atoms with Crippen LogP contribution in [-0.4, -0.2) is 36.5 Å². The summed E-state index contributed by atoms with van der Waals surface area (Å²) in [4.78, 5) is 8.27. The molecule has 2 N–H and O–H groups in total. The third-order valence-electron chi connectivity index (χ3n) is 3.22. The van der Waals surface area contributed by atoms with Crippen LogP contribution in [0.25, 0.3) is 11.0 Å². The number of H-pyrrole nitrogens is 1. The number of aromatic amines is 1. The topological polar surface area (TPSA) is 84.3 Å². The molecule has 110 valence electrons. The highest BCUT2D eigenvalue weighted by atomic mass is 35.5. The number of nitrogens with one attached hydrogen (secondary N) is 2. The number of rotatable bonds is 5. The molecule has 3 aromatic heterocycles. The van der Waals surface area contributed by atoms with Gasteiger partial charge >= 0.3 is 0 Å². The minimum Gasteiger partial charge on any atom is -0.369 e. The molecule has 0 spiro atoms. The predicted molar refractivity (Wildman–Crippen MR) is 81.5 cm³/mol. The predicted octanol–water partition coefficient (Wildman–Crippen LogP) is 2.32. The van der Waals surface area contributed by atoms with Gasteiger partial charge in [-0.15, -0.1) is 0 Å². The zero-order valence-electron chi connectivity index (χ0n) is 11.9. The van der Waals surface area contributed by atoms with Crippen molar-refractivity contribution in [3.05, 3.63) is 28.9 Å². The molecule has 0 unspecified atom stereocenters. The van der Waals surface area contributed by atoms with Gasteiger partial charge in [0.2, 0.25) is 5.28 Å². The summed E-state index contributed by atoms with van der Waals surface area (Å²) in [6, 6.07) is 2.08. The highest BCUT2D eigenvalue weighted by molar-refractivity contribution is 6.28. The molecule has 0 fully saturated rings. The molecule has 0 radical (unpaired) electrons. The lowest BCUT2D eigenvalue weighted by Gasteiger charge is -2.07. The maximum atomic E-state index is 5.89. The van der Waals surface area contributed by atoms with E-state index >= 15 is 0 Å². The van der Waals surface area contributed by atoms with Crippen LogP contribution in [0.15, 0.2) is 12.3 Å². The Labute approximate surface area is 126 Å². The zero-order valence-corrected chi connectivity index (χ0v) is 12.6. The van der Waals surface area contributed by atoms with Gasteiger partial charge in [-0.1, -0.05) is 0 Å². The summed E-state index contributed by atoms with van der Waals surface area (Å²) >= 11 is 5.89. The molecular weight excluding hydrogens is 290 g/mol. The molecule has 0 bridgehead atoms. The smallest absolute Gasteiger partial charge is 0.226 e. The Kier molecular flexibility index (Phi) is 3.74. The number of nitrogens with zero attached hydrogens (tertiary/aromatic N) is 5. The molecule has 8 heteroatoms. The molecule has 3 heterocycles. The molecule has 0 saturated heterocycles. The van der Waals surface area contributed by atoms with E-state index in [1.807, 2.05) is 11.6 Å². The van der Waals surface area contributed by atoms with E-state index in [0.717, 1.165) is 30.6 Å². The second-order valence-corrected chi connectivity index (χ2v) is 5.24. The molecule has 0 amide bonds. The fraction of sp³-hybridized carbons (Fsp3) is 0.385. The van der Waals surface area contributed by atoms with Crippen molar-refractivity contribution in [1.82, 2.24) is 29.9 Å². The second kappa shape index (κ2) is 5.69. The molecule has 0 aromatic carbocycles. The van der Waals surface area contributed by atoms with Gasteiger partial charge in [-0.05, 0) is 37.9 Å². The van der Waals surface area contributed by atoms with E-state index in [1.54, 1.807) is 6.20 Å². The molecule has 3 rings (SSSR count). The van der Waals surface area contributed by atoms with E-state index < -0.39 is 0 Å². The van der Waals surface area contributed by atoms with Crippen molar-refractivity contribution in [2.45, 2.75) is 26.8 Å². The average Bonchev–Trinajstić information content (AvgIpc) is 3.01. The molecule has 21 heavy (non-hydrogen) atoms. The van der Waals surface area contributed by atoms with Gasteiger partial charge in [0.25, 0.3) is 0 Å². The van der Waals surface area contributed by atoms with Crippen molar-refractivity contribution >= 4 is 28.5 Å². The number of halogens is 1. The van der Waals surface area contributed by atoms with Gasteiger partial charge in [0.15, 0.2) is 5.65 Å². The Balaban J connectivity index is 1.62. The molecule has 0 aliphatic carbocycles. The van der Waals surface area contributed by atoms with Crippen LogP contribution >= 0.6 is 11.6 Å². The van der Waals surface area contributed by atoms with E-state index in [1.165, 1.54) is 5.69 Å². The highest BCUT2D eigenvalue weighted by Gasteiger charge is 2.08. The maximum Gasteiger partial charge on any atom is 0.226 e. The Morgan fingerprint density at radius 3 is 2.95 bits per heavy atom. The third-order valence-corrected chi connectivity index (χ3v) is 3.39. The van der Waals surface area contributed by atoms with Gasteiger partial charge in [0.1, 0.15) is 5.82 Å². The lowest BCUT2D eigenvalue weighted by atomic mass is 10.3. The minimum atomic E-state index is 0.202. The minimum absolute atomic E-state index is 0.202. The first-order valence-electron chi connectivity index (χ1n) is 6.75. The van der Waals surface area contributed by atoms with Gasteiger partial charge < -0.3 is 5.32 Å². The first kappa shape index (κ1) is 13.8. The molecule has 0 aliphatic heterocycles. The first-order chi connectivity index (χ1) is 10.1. The van der Waals surface area contributed by atoms with Crippen LogP contribution in [0.4, 0.5) is 5.82 Å². The third kappa shape index (κ3) is 2.97. The van der Waals surface area contributed by atoms with Crippen LogP contribution in [-0.2, 0) is 6.54 Å². The van der Waals surface area contributed by atoms with Crippen LogP contribution in [0, 0.1) is 13.8 Å². The summed E-state index contributed by atoms with van der Waals surface area (Å²) in [5, 5.41) is 15.5. The van der Waals surface area contributed by atoms with E-state index in [0.29, 0.717) is 11.5 Å². The van der Waals surface area contributed by atoms with Crippen LogP contribution in [0.3, 0.4) is 0 Å². The van der Waals surface area contributed by atoms with Crippen LogP contribution in [0.2, 0.25) is 5.28 Å². The van der Waals surface area contributed by atoms with Gasteiger partial charge in [-0.2, -0.15) is 20.2 Å². The van der Waals surface area contributed by atoms with Crippen LogP contribution < -0.4 is 5.32 Å². The van der Waals surface area contributed by atoms with Gasteiger partial charge in [-0.3, -0.25) is 9.78 Å². The summed E-state index contributed by atoms with van der Waals surface area (Å²) < 4.78 is 2.01. The SMILES string of the molecule is Cc1cc(C)n(CCCNc2nc(Cl)nc3[nH]ncc23)n1. The maximum absolute atomic E-state index is 5.89. The molecule has 3 aromatic rings. The van der Waals surface area contributed by atoms with Crippen molar-refractivity contribution in [2.75, 3.05) is 11.9 Å². The first-order valence-corrected chi connectivity index (χ1v) is 7.13. The van der Waals surface area contributed by atoms with E-state index in [2.05, 4.69) is 43.6 Å². The van der Waals surface area contributed by atoms with E-state index in [-0.39, 0.29) is 5.28 Å². The fourth-order valence-electron chi connectivity index (χ4n) is 2.28. The summed E-state index contributed by atoms with van der Waals surface area (Å²) in [6.45, 7) is 5.69. The van der Waals surface area contributed by atoms with Crippen molar-refractivity contribution in [3.8, 4) is 0 Å². The van der Waals surface area contributed by atoms with Crippen molar-refractivity contribution in [2.24, 2.45) is 0 Å². The number of aryl methyl sites for hydroxylation is 3. The number of anilines is 1. The fourth-order valence-corrected chi connectivity index (χ4v) is 2.45. The number of fused-ring (bicyclic) bond motifs is 1. The molecule has 0 aliphatic rings. The largest absolute Gasteiger partial charge is 0.369 e. The Bertz CT molecular complexity index is 761. The van der Waals surface area contributed by atoms with Crippen molar-refractivity contribution in [1.29, 1.82) is 0 Å². The van der Waals surface area contributed by atoms with Crippen LogP contribution in [0.1, 0.15) is 17.8 Å². The lowest BCUT2D eigenvalue weighted by Crippen LogP contribution is -2.10. The van der Waals surface area contributed by atoms with Gasteiger partial charge in [0, 0.05) is 18.8 Å².